The second-order valence-electron chi connectivity index (χ2n) is 7.91. The average Bonchev–Trinajstić information content (AvgIpc) is 2.90. The smallest absolute Gasteiger partial charge is 0.260 e. The highest BCUT2D eigenvalue weighted by Gasteiger charge is 2.24. The van der Waals surface area contributed by atoms with Gasteiger partial charge >= 0.3 is 0 Å². The minimum absolute atomic E-state index is 0.190. The lowest BCUT2D eigenvalue weighted by Crippen LogP contribution is -2.39. The second kappa shape index (κ2) is 13.2. The summed E-state index contributed by atoms with van der Waals surface area (Å²) in [4.78, 5) is 12.6. The molecule has 0 aliphatic carbocycles. The molecule has 0 saturated heterocycles. The number of rotatable bonds is 12. The van der Waals surface area contributed by atoms with Gasteiger partial charge in [0.1, 0.15) is 24.7 Å². The molecule has 0 bridgehead atoms. The van der Waals surface area contributed by atoms with Gasteiger partial charge in [-0.1, -0.05) is 30.3 Å². The summed E-state index contributed by atoms with van der Waals surface area (Å²) in [6, 6.07) is 17.8. The monoisotopic (exact) mass is 605 g/mol. The van der Waals surface area contributed by atoms with Crippen LogP contribution in [0.25, 0.3) is 0 Å². The standard InChI is InChI=1S/C26H28BrN3O7S/c1-34-20-10-11-22(23(14-20)35-2)30(38(4,32)33)16-25(31)29-28-15-19-12-21(27)26(24(13-19)36-3)37-17-18-8-6-5-7-9-18/h5-15H,16-17H2,1-4H3,(H,29,31)/b28-15-. The van der Waals surface area contributed by atoms with Crippen molar-refractivity contribution in [2.24, 2.45) is 5.10 Å². The van der Waals surface area contributed by atoms with Gasteiger partial charge in [0.05, 0.1) is 44.0 Å². The number of methoxy groups -OCH3 is 3. The Morgan fingerprint density at radius 1 is 1.00 bits per heavy atom. The number of carbonyl (C=O) groups excluding carboxylic acids is 1. The molecule has 0 aliphatic heterocycles. The first-order valence-electron chi connectivity index (χ1n) is 11.2. The molecule has 0 aromatic heterocycles. The van der Waals surface area contributed by atoms with Crippen LogP contribution < -0.4 is 28.7 Å². The van der Waals surface area contributed by atoms with E-state index in [4.69, 9.17) is 18.9 Å². The Kier molecular flexibility index (Phi) is 9.97. The molecule has 38 heavy (non-hydrogen) atoms. The molecule has 3 rings (SSSR count). The van der Waals surface area contributed by atoms with E-state index in [1.54, 1.807) is 18.2 Å². The van der Waals surface area contributed by atoms with Crippen LogP contribution in [0.15, 0.2) is 70.2 Å². The van der Waals surface area contributed by atoms with Crippen molar-refractivity contribution in [1.29, 1.82) is 0 Å². The van der Waals surface area contributed by atoms with Gasteiger partial charge in [0.15, 0.2) is 11.5 Å². The number of hydrogen-bond acceptors (Lipinski definition) is 8. The van der Waals surface area contributed by atoms with Crippen LogP contribution in [-0.2, 0) is 21.4 Å². The summed E-state index contributed by atoms with van der Waals surface area (Å²) < 4.78 is 48.3. The third-order valence-corrected chi connectivity index (χ3v) is 6.94. The zero-order valence-electron chi connectivity index (χ0n) is 21.3. The molecular weight excluding hydrogens is 578 g/mol. The van der Waals surface area contributed by atoms with Crippen LogP contribution >= 0.6 is 15.9 Å². The zero-order chi connectivity index (χ0) is 27.7. The fraction of sp³-hybridized carbons (Fsp3) is 0.231. The zero-order valence-corrected chi connectivity index (χ0v) is 23.7. The summed E-state index contributed by atoms with van der Waals surface area (Å²) in [5.41, 5.74) is 4.16. The molecule has 0 aliphatic rings. The molecule has 0 spiro atoms. The largest absolute Gasteiger partial charge is 0.497 e. The molecule has 3 aromatic carbocycles. The van der Waals surface area contributed by atoms with Crippen molar-refractivity contribution in [3.05, 3.63) is 76.3 Å². The average molecular weight is 606 g/mol. The van der Waals surface area contributed by atoms with E-state index < -0.39 is 22.5 Å². The van der Waals surface area contributed by atoms with Crippen molar-refractivity contribution in [3.8, 4) is 23.0 Å². The van der Waals surface area contributed by atoms with E-state index in [1.807, 2.05) is 30.3 Å². The fourth-order valence-corrected chi connectivity index (χ4v) is 4.83. The van der Waals surface area contributed by atoms with Crippen molar-refractivity contribution in [2.45, 2.75) is 6.61 Å². The first-order valence-corrected chi connectivity index (χ1v) is 13.9. The Labute approximate surface area is 230 Å². The number of amides is 1. The topological polar surface area (TPSA) is 116 Å². The minimum Gasteiger partial charge on any atom is -0.497 e. The Morgan fingerprint density at radius 3 is 2.34 bits per heavy atom. The molecule has 0 atom stereocenters. The summed E-state index contributed by atoms with van der Waals surface area (Å²) in [6.45, 7) is -0.159. The Hall–Kier alpha value is -3.77. The SMILES string of the molecule is COc1ccc(N(CC(=O)N/N=C\c2cc(Br)c(OCc3ccccc3)c(OC)c2)S(C)(=O)=O)c(OC)c1. The maximum atomic E-state index is 12.6. The highest BCUT2D eigenvalue weighted by molar-refractivity contribution is 9.10. The predicted molar refractivity (Wildman–Crippen MR) is 149 cm³/mol. The summed E-state index contributed by atoms with van der Waals surface area (Å²) in [6.07, 6.45) is 2.41. The van der Waals surface area contributed by atoms with Gasteiger partial charge in [-0.15, -0.1) is 0 Å². The summed E-state index contributed by atoms with van der Waals surface area (Å²) in [7, 11) is 0.573. The van der Waals surface area contributed by atoms with E-state index in [1.165, 1.54) is 39.7 Å². The first-order chi connectivity index (χ1) is 18.2. The lowest BCUT2D eigenvalue weighted by Gasteiger charge is -2.23. The fourth-order valence-electron chi connectivity index (χ4n) is 3.40. The van der Waals surface area contributed by atoms with Crippen LogP contribution in [0.3, 0.4) is 0 Å². The number of anilines is 1. The van der Waals surface area contributed by atoms with Crippen LogP contribution in [-0.4, -0.2) is 54.7 Å². The number of hydrogen-bond donors (Lipinski definition) is 1. The molecule has 0 fully saturated rings. The molecule has 1 N–H and O–H groups in total. The lowest BCUT2D eigenvalue weighted by molar-refractivity contribution is -0.119. The van der Waals surface area contributed by atoms with Gasteiger partial charge in [0.25, 0.3) is 5.91 Å². The van der Waals surface area contributed by atoms with Gasteiger partial charge in [0, 0.05) is 6.07 Å². The van der Waals surface area contributed by atoms with E-state index >= 15 is 0 Å². The lowest BCUT2D eigenvalue weighted by atomic mass is 10.2. The highest BCUT2D eigenvalue weighted by atomic mass is 79.9. The predicted octanol–water partition coefficient (Wildman–Crippen LogP) is 3.97. The maximum Gasteiger partial charge on any atom is 0.260 e. The number of carbonyl (C=O) groups is 1. The minimum atomic E-state index is -3.82. The molecule has 3 aromatic rings. The molecule has 10 nitrogen and oxygen atoms in total. The van der Waals surface area contributed by atoms with Crippen molar-refractivity contribution >= 4 is 43.8 Å². The number of halogens is 1. The van der Waals surface area contributed by atoms with Gasteiger partial charge in [-0.3, -0.25) is 9.10 Å². The van der Waals surface area contributed by atoms with Gasteiger partial charge < -0.3 is 18.9 Å². The number of benzene rings is 3. The summed E-state index contributed by atoms with van der Waals surface area (Å²) >= 11 is 3.49. The third kappa shape index (κ3) is 7.62. The van der Waals surface area contributed by atoms with E-state index in [2.05, 4.69) is 26.5 Å². The number of nitrogens with one attached hydrogen (secondary N) is 1. The Balaban J connectivity index is 1.71. The van der Waals surface area contributed by atoms with Crippen LogP contribution in [0.4, 0.5) is 5.69 Å². The van der Waals surface area contributed by atoms with E-state index in [0.717, 1.165) is 16.1 Å². The van der Waals surface area contributed by atoms with Crippen LogP contribution in [0, 0.1) is 0 Å². The summed E-state index contributed by atoms with van der Waals surface area (Å²) in [5, 5.41) is 3.97. The Morgan fingerprint density at radius 2 is 1.71 bits per heavy atom. The van der Waals surface area contributed by atoms with Crippen LogP contribution in [0.5, 0.6) is 23.0 Å². The normalized spacial score (nSPS) is 11.2. The molecule has 0 radical (unpaired) electrons. The molecule has 1 amide bonds. The van der Waals surface area contributed by atoms with E-state index in [-0.39, 0.29) is 11.4 Å². The highest BCUT2D eigenvalue weighted by Crippen LogP contribution is 2.37. The van der Waals surface area contributed by atoms with Gasteiger partial charge in [0.2, 0.25) is 10.0 Å². The number of sulfonamides is 1. The number of nitrogens with zero attached hydrogens (tertiary/aromatic N) is 2. The van der Waals surface area contributed by atoms with Crippen molar-refractivity contribution in [1.82, 2.24) is 5.43 Å². The first kappa shape index (κ1) is 28.8. The number of hydrazone groups is 1. The van der Waals surface area contributed by atoms with Crippen LogP contribution in [0.2, 0.25) is 0 Å². The van der Waals surface area contributed by atoms with Gasteiger partial charge in [-0.25, -0.2) is 13.8 Å². The Bertz CT molecular complexity index is 1400. The van der Waals surface area contributed by atoms with Crippen molar-refractivity contribution in [3.63, 3.8) is 0 Å². The third-order valence-electron chi connectivity index (χ3n) is 5.22. The van der Waals surface area contributed by atoms with Gasteiger partial charge in [-0.05, 0) is 51.3 Å². The molecular formula is C26H28BrN3O7S. The number of ether oxygens (including phenoxy) is 4. The van der Waals surface area contributed by atoms with Crippen LogP contribution in [0.1, 0.15) is 11.1 Å². The molecule has 0 heterocycles. The molecule has 12 heteroatoms. The van der Waals surface area contributed by atoms with E-state index in [0.29, 0.717) is 33.9 Å². The molecule has 202 valence electrons. The summed E-state index contributed by atoms with van der Waals surface area (Å²) in [5.74, 6) is 1.05. The molecule has 0 unspecified atom stereocenters. The molecule has 0 saturated carbocycles. The second-order valence-corrected chi connectivity index (χ2v) is 10.7. The van der Waals surface area contributed by atoms with Crippen molar-refractivity contribution in [2.75, 3.05) is 38.4 Å². The maximum absolute atomic E-state index is 12.6. The van der Waals surface area contributed by atoms with Gasteiger partial charge in [-0.2, -0.15) is 5.10 Å². The van der Waals surface area contributed by atoms with E-state index in [9.17, 15) is 13.2 Å². The quantitative estimate of drug-likeness (QED) is 0.245. The van der Waals surface area contributed by atoms with Crippen molar-refractivity contribution < 1.29 is 32.2 Å².